The van der Waals surface area contributed by atoms with Crippen LogP contribution in [0.15, 0.2) is 36.4 Å². The smallest absolute Gasteiger partial charge is 0.269 e. The van der Waals surface area contributed by atoms with E-state index < -0.39 is 10.0 Å². The molecule has 7 nitrogen and oxygen atoms in total. The first kappa shape index (κ1) is 15.7. The summed E-state index contributed by atoms with van der Waals surface area (Å²) in [5, 5.41) is 9.54. The zero-order valence-corrected chi connectivity index (χ0v) is 13.3. The predicted octanol–water partition coefficient (Wildman–Crippen LogP) is 0.842. The molecule has 2 heterocycles. The third-order valence-corrected chi connectivity index (χ3v) is 5.70. The van der Waals surface area contributed by atoms with Crippen LogP contribution in [0.3, 0.4) is 0 Å². The molecule has 0 saturated carbocycles. The van der Waals surface area contributed by atoms with E-state index in [-0.39, 0.29) is 18.2 Å². The van der Waals surface area contributed by atoms with Crippen molar-refractivity contribution in [2.45, 2.75) is 6.42 Å². The van der Waals surface area contributed by atoms with Gasteiger partial charge in [-0.25, -0.2) is 12.7 Å². The number of amides is 1. The lowest BCUT2D eigenvalue weighted by atomic mass is 10.1. The molecule has 0 bridgehead atoms. The van der Waals surface area contributed by atoms with Gasteiger partial charge in [-0.1, -0.05) is 30.3 Å². The van der Waals surface area contributed by atoms with E-state index in [0.29, 0.717) is 30.9 Å². The van der Waals surface area contributed by atoms with Gasteiger partial charge in [-0.2, -0.15) is 5.10 Å². The Morgan fingerprint density at radius 1 is 1.30 bits per heavy atom. The molecular weight excluding hydrogens is 316 g/mol. The van der Waals surface area contributed by atoms with Gasteiger partial charge >= 0.3 is 0 Å². The van der Waals surface area contributed by atoms with Gasteiger partial charge in [0.25, 0.3) is 5.91 Å². The van der Waals surface area contributed by atoms with E-state index in [1.807, 2.05) is 30.3 Å². The van der Waals surface area contributed by atoms with Gasteiger partial charge in [-0.15, -0.1) is 0 Å². The topological polar surface area (TPSA) is 95.2 Å². The second kappa shape index (κ2) is 6.51. The molecule has 1 aliphatic heterocycles. The number of benzene rings is 1. The molecule has 3 rings (SSSR count). The lowest BCUT2D eigenvalue weighted by Crippen LogP contribution is -2.36. The maximum absolute atomic E-state index is 12.1. The number of sulfonamides is 1. The highest BCUT2D eigenvalue weighted by atomic mass is 32.2. The van der Waals surface area contributed by atoms with Crippen molar-refractivity contribution in [3.63, 3.8) is 0 Å². The molecule has 0 radical (unpaired) electrons. The third-order valence-electron chi connectivity index (χ3n) is 3.74. The number of hydrogen-bond donors (Lipinski definition) is 2. The van der Waals surface area contributed by atoms with Crippen LogP contribution in [0.4, 0.5) is 0 Å². The van der Waals surface area contributed by atoms with Gasteiger partial charge in [0.2, 0.25) is 10.0 Å². The molecule has 8 heteroatoms. The lowest BCUT2D eigenvalue weighted by molar-refractivity contribution is 0.0947. The van der Waals surface area contributed by atoms with Crippen molar-refractivity contribution >= 4 is 15.9 Å². The zero-order valence-electron chi connectivity index (χ0n) is 12.5. The largest absolute Gasteiger partial charge is 0.349 e. The van der Waals surface area contributed by atoms with Crippen molar-refractivity contribution < 1.29 is 13.2 Å². The molecule has 0 spiro atoms. The van der Waals surface area contributed by atoms with Gasteiger partial charge in [0, 0.05) is 25.2 Å². The van der Waals surface area contributed by atoms with Crippen LogP contribution < -0.4 is 5.32 Å². The standard InChI is InChI=1S/C15H18N4O3S/c20-15(16-7-9-19-8-4-10-23(19,21)22)14-11-13(17-18-14)12-5-2-1-3-6-12/h1-3,5-6,11H,4,7-10H2,(H,16,20)(H,17,18). The number of aromatic amines is 1. The van der Waals surface area contributed by atoms with Gasteiger partial charge < -0.3 is 5.32 Å². The van der Waals surface area contributed by atoms with Crippen LogP contribution in [-0.4, -0.2) is 54.2 Å². The van der Waals surface area contributed by atoms with Crippen molar-refractivity contribution in [3.8, 4) is 11.3 Å². The van der Waals surface area contributed by atoms with Crippen LogP contribution in [0.2, 0.25) is 0 Å². The van der Waals surface area contributed by atoms with E-state index in [0.717, 1.165) is 5.56 Å². The number of aromatic nitrogens is 2. The summed E-state index contributed by atoms with van der Waals surface area (Å²) in [6.07, 6.45) is 0.650. The molecule has 1 aliphatic rings. The fourth-order valence-corrected chi connectivity index (χ4v) is 4.06. The summed E-state index contributed by atoms with van der Waals surface area (Å²) in [5.41, 5.74) is 1.97. The minimum atomic E-state index is -3.12. The number of nitrogens with one attached hydrogen (secondary N) is 2. The van der Waals surface area contributed by atoms with Crippen molar-refractivity contribution in [2.24, 2.45) is 0 Å². The Labute approximate surface area is 134 Å². The van der Waals surface area contributed by atoms with Gasteiger partial charge in [-0.05, 0) is 12.5 Å². The maximum Gasteiger partial charge on any atom is 0.269 e. The average molecular weight is 334 g/mol. The molecule has 122 valence electrons. The highest BCUT2D eigenvalue weighted by Gasteiger charge is 2.27. The van der Waals surface area contributed by atoms with Gasteiger partial charge in [0.05, 0.1) is 11.4 Å². The molecule has 23 heavy (non-hydrogen) atoms. The second-order valence-corrected chi connectivity index (χ2v) is 7.45. The number of H-pyrrole nitrogens is 1. The molecule has 1 aromatic heterocycles. The summed E-state index contributed by atoms with van der Waals surface area (Å²) < 4.78 is 24.7. The van der Waals surface area contributed by atoms with Crippen LogP contribution in [0.25, 0.3) is 11.3 Å². The lowest BCUT2D eigenvalue weighted by Gasteiger charge is -2.14. The highest BCUT2D eigenvalue weighted by Crippen LogP contribution is 2.16. The summed E-state index contributed by atoms with van der Waals surface area (Å²) in [6, 6.07) is 11.2. The first-order valence-electron chi connectivity index (χ1n) is 7.43. The van der Waals surface area contributed by atoms with Gasteiger partial charge in [0.1, 0.15) is 5.69 Å². The number of hydrogen-bond acceptors (Lipinski definition) is 4. The van der Waals surface area contributed by atoms with E-state index in [1.165, 1.54) is 4.31 Å². The van der Waals surface area contributed by atoms with Crippen LogP contribution in [0.5, 0.6) is 0 Å². The summed E-state index contributed by atoms with van der Waals surface area (Å²) in [6.45, 7) is 1.10. The molecule has 2 aromatic rings. The van der Waals surface area contributed by atoms with E-state index in [2.05, 4.69) is 15.5 Å². The molecular formula is C15H18N4O3S. The molecule has 0 atom stereocenters. The van der Waals surface area contributed by atoms with Crippen LogP contribution in [0, 0.1) is 0 Å². The second-order valence-electron chi connectivity index (χ2n) is 5.36. The van der Waals surface area contributed by atoms with E-state index in [9.17, 15) is 13.2 Å². The Balaban J connectivity index is 1.56. The fourth-order valence-electron chi connectivity index (χ4n) is 2.53. The Hall–Kier alpha value is -2.19. The summed E-state index contributed by atoms with van der Waals surface area (Å²) in [7, 11) is -3.12. The minimum Gasteiger partial charge on any atom is -0.349 e. The SMILES string of the molecule is O=C(NCCN1CCCS1(=O)=O)c1cc(-c2ccccc2)n[nH]1. The van der Waals surface area contributed by atoms with E-state index in [1.54, 1.807) is 6.07 Å². The summed E-state index contributed by atoms with van der Waals surface area (Å²) in [4.78, 5) is 12.1. The number of rotatable bonds is 5. The van der Waals surface area contributed by atoms with Crippen LogP contribution in [0.1, 0.15) is 16.9 Å². The number of carbonyl (C=O) groups is 1. The summed E-state index contributed by atoms with van der Waals surface area (Å²) >= 11 is 0. The normalized spacial score (nSPS) is 17.2. The molecule has 1 aromatic carbocycles. The Morgan fingerprint density at radius 3 is 2.78 bits per heavy atom. The molecule has 1 fully saturated rings. The first-order valence-corrected chi connectivity index (χ1v) is 9.04. The average Bonchev–Trinajstić information content (AvgIpc) is 3.15. The van der Waals surface area contributed by atoms with E-state index in [4.69, 9.17) is 0 Å². The Morgan fingerprint density at radius 2 is 2.09 bits per heavy atom. The maximum atomic E-state index is 12.1. The molecule has 1 amide bonds. The molecule has 2 N–H and O–H groups in total. The van der Waals surface area contributed by atoms with E-state index >= 15 is 0 Å². The van der Waals surface area contributed by atoms with Crippen LogP contribution >= 0.6 is 0 Å². The Kier molecular flexibility index (Phi) is 4.44. The van der Waals surface area contributed by atoms with Gasteiger partial charge in [0.15, 0.2) is 0 Å². The van der Waals surface area contributed by atoms with Crippen molar-refractivity contribution in [1.82, 2.24) is 19.8 Å². The number of nitrogens with zero attached hydrogens (tertiary/aromatic N) is 2. The monoisotopic (exact) mass is 334 g/mol. The summed E-state index contributed by atoms with van der Waals surface area (Å²) in [5.74, 6) is -0.0988. The van der Waals surface area contributed by atoms with Crippen molar-refractivity contribution in [1.29, 1.82) is 0 Å². The van der Waals surface area contributed by atoms with Crippen molar-refractivity contribution in [2.75, 3.05) is 25.4 Å². The fraction of sp³-hybridized carbons (Fsp3) is 0.333. The predicted molar refractivity (Wildman–Crippen MR) is 86.3 cm³/mol. The number of carbonyl (C=O) groups excluding carboxylic acids is 1. The third kappa shape index (κ3) is 3.59. The Bertz CT molecular complexity index is 786. The quantitative estimate of drug-likeness (QED) is 0.847. The molecule has 1 saturated heterocycles. The van der Waals surface area contributed by atoms with Crippen molar-refractivity contribution in [3.05, 3.63) is 42.1 Å². The molecule has 0 aliphatic carbocycles. The van der Waals surface area contributed by atoms with Crippen LogP contribution in [-0.2, 0) is 10.0 Å². The molecule has 0 unspecified atom stereocenters. The minimum absolute atomic E-state index is 0.196. The first-order chi connectivity index (χ1) is 11.1. The zero-order chi connectivity index (χ0) is 16.3. The highest BCUT2D eigenvalue weighted by molar-refractivity contribution is 7.89. The van der Waals surface area contributed by atoms with Gasteiger partial charge in [-0.3, -0.25) is 9.89 Å².